The van der Waals surface area contributed by atoms with E-state index in [0.717, 1.165) is 37.6 Å². The number of likely N-dealkylation sites (tertiary alicyclic amines) is 1. The Morgan fingerprint density at radius 2 is 2.18 bits per heavy atom. The Morgan fingerprint density at radius 1 is 1.35 bits per heavy atom. The molecule has 1 unspecified atom stereocenters. The van der Waals surface area contributed by atoms with Gasteiger partial charge in [-0.15, -0.1) is 0 Å². The Labute approximate surface area is 113 Å². The molecule has 94 valence electrons. The highest BCUT2D eigenvalue weighted by Crippen LogP contribution is 2.22. The van der Waals surface area contributed by atoms with Crippen LogP contribution in [0.4, 0.5) is 0 Å². The first-order valence-electron chi connectivity index (χ1n) is 6.05. The van der Waals surface area contributed by atoms with Gasteiger partial charge in [0.1, 0.15) is 0 Å². The molecule has 2 nitrogen and oxygen atoms in total. The maximum Gasteiger partial charge on any atom is 0.0453 e. The number of nitrogens with zero attached hydrogens (tertiary/aromatic N) is 1. The van der Waals surface area contributed by atoms with E-state index in [9.17, 15) is 0 Å². The number of hydrogen-bond acceptors (Lipinski definition) is 2. The van der Waals surface area contributed by atoms with Gasteiger partial charge < -0.3 is 10.6 Å². The molecule has 1 aliphatic rings. The van der Waals surface area contributed by atoms with Gasteiger partial charge in [0.25, 0.3) is 0 Å². The van der Waals surface area contributed by atoms with Crippen LogP contribution in [0.3, 0.4) is 0 Å². The van der Waals surface area contributed by atoms with Crippen molar-refractivity contribution in [1.29, 1.82) is 0 Å². The lowest BCUT2D eigenvalue weighted by Crippen LogP contribution is -2.25. The first-order valence-corrected chi connectivity index (χ1v) is 6.81. The normalized spacial score (nSPS) is 21.0. The smallest absolute Gasteiger partial charge is 0.0453 e. The number of rotatable bonds is 4. The molecule has 1 aromatic rings. The Bertz CT molecular complexity index is 382. The average Bonchev–Trinajstić information content (AvgIpc) is 2.76. The quantitative estimate of drug-likeness (QED) is 0.914. The molecule has 1 fully saturated rings. The van der Waals surface area contributed by atoms with Gasteiger partial charge in [-0.1, -0.05) is 29.3 Å². The molecule has 0 aliphatic carbocycles. The maximum atomic E-state index is 6.15. The van der Waals surface area contributed by atoms with Crippen LogP contribution in [0.15, 0.2) is 18.2 Å². The predicted molar refractivity (Wildman–Crippen MR) is 73.8 cm³/mol. The fourth-order valence-electron chi connectivity index (χ4n) is 2.31. The van der Waals surface area contributed by atoms with Crippen LogP contribution >= 0.6 is 23.2 Å². The van der Waals surface area contributed by atoms with E-state index in [2.05, 4.69) is 4.90 Å². The van der Waals surface area contributed by atoms with Crippen LogP contribution in [-0.2, 0) is 6.42 Å². The van der Waals surface area contributed by atoms with Crippen LogP contribution in [0.25, 0.3) is 0 Å². The number of hydrogen-bond donors (Lipinski definition) is 1. The number of benzene rings is 1. The minimum Gasteiger partial charge on any atom is -0.330 e. The SMILES string of the molecule is NCC1CCN(CCc2ccc(Cl)cc2Cl)C1. The third-order valence-electron chi connectivity index (χ3n) is 3.42. The van der Waals surface area contributed by atoms with Crippen LogP contribution < -0.4 is 5.73 Å². The summed E-state index contributed by atoms with van der Waals surface area (Å²) in [5.41, 5.74) is 6.86. The molecule has 17 heavy (non-hydrogen) atoms. The van der Waals surface area contributed by atoms with Gasteiger partial charge in [-0.3, -0.25) is 0 Å². The molecule has 0 saturated carbocycles. The predicted octanol–water partition coefficient (Wildman–Crippen LogP) is 2.82. The second-order valence-electron chi connectivity index (χ2n) is 4.68. The fraction of sp³-hybridized carbons (Fsp3) is 0.538. The van der Waals surface area contributed by atoms with Gasteiger partial charge in [0.15, 0.2) is 0 Å². The van der Waals surface area contributed by atoms with Crippen LogP contribution in [0, 0.1) is 5.92 Å². The molecule has 1 aromatic carbocycles. The molecule has 1 aliphatic heterocycles. The minimum absolute atomic E-state index is 0.677. The first kappa shape index (κ1) is 13.2. The largest absolute Gasteiger partial charge is 0.330 e. The van der Waals surface area contributed by atoms with Crippen LogP contribution in [-0.4, -0.2) is 31.1 Å². The van der Waals surface area contributed by atoms with E-state index in [1.165, 1.54) is 12.0 Å². The third kappa shape index (κ3) is 3.59. The highest BCUT2D eigenvalue weighted by atomic mass is 35.5. The van der Waals surface area contributed by atoms with Crippen molar-refractivity contribution >= 4 is 23.2 Å². The van der Waals surface area contributed by atoms with Crippen molar-refractivity contribution in [1.82, 2.24) is 4.90 Å². The van der Waals surface area contributed by atoms with Crippen molar-refractivity contribution in [2.24, 2.45) is 11.7 Å². The lowest BCUT2D eigenvalue weighted by atomic mass is 10.1. The van der Waals surface area contributed by atoms with Gasteiger partial charge in [-0.25, -0.2) is 0 Å². The summed E-state index contributed by atoms with van der Waals surface area (Å²) in [6.07, 6.45) is 2.21. The zero-order valence-corrected chi connectivity index (χ0v) is 11.3. The van der Waals surface area contributed by atoms with Crippen molar-refractivity contribution in [3.63, 3.8) is 0 Å². The Morgan fingerprint density at radius 3 is 2.82 bits per heavy atom. The molecular weight excluding hydrogens is 255 g/mol. The summed E-state index contributed by atoms with van der Waals surface area (Å²) >= 11 is 12.0. The summed E-state index contributed by atoms with van der Waals surface area (Å²) in [7, 11) is 0. The Balaban J connectivity index is 1.86. The molecule has 2 N–H and O–H groups in total. The molecule has 1 heterocycles. The summed E-state index contributed by atoms with van der Waals surface area (Å²) < 4.78 is 0. The molecule has 1 atom stereocenters. The number of nitrogens with two attached hydrogens (primary N) is 1. The van der Waals surface area contributed by atoms with Crippen LogP contribution in [0.1, 0.15) is 12.0 Å². The molecule has 2 rings (SSSR count). The number of halogens is 2. The van der Waals surface area contributed by atoms with Crippen molar-refractivity contribution in [3.05, 3.63) is 33.8 Å². The topological polar surface area (TPSA) is 29.3 Å². The lowest BCUT2D eigenvalue weighted by Gasteiger charge is -2.16. The minimum atomic E-state index is 0.677. The Hall–Kier alpha value is -0.280. The zero-order chi connectivity index (χ0) is 12.3. The van der Waals surface area contributed by atoms with E-state index in [0.29, 0.717) is 10.9 Å². The van der Waals surface area contributed by atoms with E-state index < -0.39 is 0 Å². The molecule has 4 heteroatoms. The van der Waals surface area contributed by atoms with Crippen molar-refractivity contribution in [3.8, 4) is 0 Å². The molecule has 0 radical (unpaired) electrons. The van der Waals surface area contributed by atoms with E-state index in [1.807, 2.05) is 18.2 Å². The highest BCUT2D eigenvalue weighted by Gasteiger charge is 2.20. The standard InChI is InChI=1S/C13H18Cl2N2/c14-12-2-1-11(13(15)7-12)4-6-17-5-3-10(8-16)9-17/h1-2,7,10H,3-6,8-9,16H2. The maximum absolute atomic E-state index is 6.15. The molecule has 0 spiro atoms. The van der Waals surface area contributed by atoms with Gasteiger partial charge in [0.2, 0.25) is 0 Å². The van der Waals surface area contributed by atoms with Crippen molar-refractivity contribution in [2.75, 3.05) is 26.2 Å². The summed E-state index contributed by atoms with van der Waals surface area (Å²) in [5, 5.41) is 1.47. The molecule has 0 aromatic heterocycles. The summed E-state index contributed by atoms with van der Waals surface area (Å²) in [6.45, 7) is 4.14. The van der Waals surface area contributed by atoms with E-state index in [4.69, 9.17) is 28.9 Å². The molecule has 0 bridgehead atoms. The summed E-state index contributed by atoms with van der Waals surface area (Å²) in [4.78, 5) is 2.46. The zero-order valence-electron chi connectivity index (χ0n) is 9.83. The van der Waals surface area contributed by atoms with Crippen molar-refractivity contribution in [2.45, 2.75) is 12.8 Å². The third-order valence-corrected chi connectivity index (χ3v) is 4.00. The summed E-state index contributed by atoms with van der Waals surface area (Å²) in [5.74, 6) is 0.677. The lowest BCUT2D eigenvalue weighted by molar-refractivity contribution is 0.329. The van der Waals surface area contributed by atoms with Gasteiger partial charge >= 0.3 is 0 Å². The van der Waals surface area contributed by atoms with Gasteiger partial charge in [-0.2, -0.15) is 0 Å². The molecule has 0 amide bonds. The average molecular weight is 273 g/mol. The Kier molecular flexibility index (Phi) is 4.69. The second kappa shape index (κ2) is 6.05. The van der Waals surface area contributed by atoms with E-state index in [-0.39, 0.29) is 0 Å². The monoisotopic (exact) mass is 272 g/mol. The van der Waals surface area contributed by atoms with Crippen LogP contribution in [0.5, 0.6) is 0 Å². The van der Waals surface area contributed by atoms with E-state index in [1.54, 1.807) is 0 Å². The second-order valence-corrected chi connectivity index (χ2v) is 5.52. The van der Waals surface area contributed by atoms with Crippen molar-refractivity contribution < 1.29 is 0 Å². The fourth-order valence-corrected chi connectivity index (χ4v) is 2.81. The van der Waals surface area contributed by atoms with Crippen LogP contribution in [0.2, 0.25) is 10.0 Å². The molecule has 1 saturated heterocycles. The molecular formula is C13H18Cl2N2. The van der Waals surface area contributed by atoms with Gasteiger partial charge in [0.05, 0.1) is 0 Å². The highest BCUT2D eigenvalue weighted by molar-refractivity contribution is 6.35. The first-order chi connectivity index (χ1) is 8.19. The summed E-state index contributed by atoms with van der Waals surface area (Å²) in [6, 6.07) is 5.72. The van der Waals surface area contributed by atoms with E-state index >= 15 is 0 Å². The van der Waals surface area contributed by atoms with Gasteiger partial charge in [0, 0.05) is 23.1 Å². The van der Waals surface area contributed by atoms with Gasteiger partial charge in [-0.05, 0) is 49.5 Å².